The molecule has 0 bridgehead atoms. The van der Waals surface area contributed by atoms with Gasteiger partial charge in [-0.1, -0.05) is 11.6 Å². The highest BCUT2D eigenvalue weighted by molar-refractivity contribution is 7.18. The lowest BCUT2D eigenvalue weighted by atomic mass is 10.2. The Morgan fingerprint density at radius 3 is 2.72 bits per heavy atom. The number of aromatic nitrogens is 3. The van der Waals surface area contributed by atoms with Crippen LogP contribution < -0.4 is 5.32 Å². The Balaban J connectivity index is 1.86. The van der Waals surface area contributed by atoms with Gasteiger partial charge < -0.3 is 5.32 Å². The lowest BCUT2D eigenvalue weighted by molar-refractivity contribution is 1.21. The SMILES string of the molecule is Cc1cc2c(Nc3ccc(Cl)cc3C)nc(-c3cccnc3)nc2s1. The molecule has 0 saturated heterocycles. The lowest BCUT2D eigenvalue weighted by Gasteiger charge is -2.11. The summed E-state index contributed by atoms with van der Waals surface area (Å²) in [7, 11) is 0. The molecule has 0 unspecified atom stereocenters. The van der Waals surface area contributed by atoms with Gasteiger partial charge in [-0.2, -0.15) is 0 Å². The second kappa shape index (κ2) is 6.43. The van der Waals surface area contributed by atoms with Crippen molar-refractivity contribution in [1.82, 2.24) is 15.0 Å². The van der Waals surface area contributed by atoms with Crippen molar-refractivity contribution in [2.75, 3.05) is 5.32 Å². The fourth-order valence-corrected chi connectivity index (χ4v) is 3.76. The number of hydrogen-bond acceptors (Lipinski definition) is 5. The number of nitrogens with one attached hydrogen (secondary N) is 1. The summed E-state index contributed by atoms with van der Waals surface area (Å²) >= 11 is 7.72. The maximum Gasteiger partial charge on any atom is 0.164 e. The molecular weight excluding hydrogens is 352 g/mol. The van der Waals surface area contributed by atoms with Gasteiger partial charge in [-0.15, -0.1) is 11.3 Å². The molecule has 6 heteroatoms. The first-order valence-electron chi connectivity index (χ1n) is 7.82. The van der Waals surface area contributed by atoms with Gasteiger partial charge in [0.05, 0.1) is 5.39 Å². The third-order valence-electron chi connectivity index (χ3n) is 3.88. The van der Waals surface area contributed by atoms with Gasteiger partial charge in [0, 0.05) is 33.5 Å². The number of halogens is 1. The second-order valence-electron chi connectivity index (χ2n) is 5.80. The summed E-state index contributed by atoms with van der Waals surface area (Å²) in [4.78, 5) is 15.8. The number of fused-ring (bicyclic) bond motifs is 1. The van der Waals surface area contributed by atoms with E-state index in [4.69, 9.17) is 21.6 Å². The molecule has 4 rings (SSSR count). The number of rotatable bonds is 3. The van der Waals surface area contributed by atoms with Crippen LogP contribution in [0.1, 0.15) is 10.4 Å². The van der Waals surface area contributed by atoms with Crippen LogP contribution in [-0.2, 0) is 0 Å². The molecule has 0 atom stereocenters. The zero-order valence-corrected chi connectivity index (χ0v) is 15.3. The van der Waals surface area contributed by atoms with Gasteiger partial charge in [0.25, 0.3) is 0 Å². The number of aryl methyl sites for hydroxylation is 2. The molecular formula is C19H15ClN4S. The first kappa shape index (κ1) is 16.0. The van der Waals surface area contributed by atoms with E-state index in [-0.39, 0.29) is 0 Å². The minimum Gasteiger partial charge on any atom is -0.339 e. The van der Waals surface area contributed by atoms with Crippen LogP contribution in [0.5, 0.6) is 0 Å². The molecule has 0 aliphatic heterocycles. The third-order valence-corrected chi connectivity index (χ3v) is 5.06. The van der Waals surface area contributed by atoms with Crippen LogP contribution in [0.25, 0.3) is 21.6 Å². The topological polar surface area (TPSA) is 50.7 Å². The van der Waals surface area contributed by atoms with Crippen LogP contribution in [0.3, 0.4) is 0 Å². The molecule has 0 aliphatic carbocycles. The molecule has 0 spiro atoms. The minimum absolute atomic E-state index is 0.663. The summed E-state index contributed by atoms with van der Waals surface area (Å²) in [5, 5.41) is 5.18. The molecule has 0 aliphatic rings. The van der Waals surface area contributed by atoms with Crippen molar-refractivity contribution in [2.24, 2.45) is 0 Å². The average molecular weight is 367 g/mol. The van der Waals surface area contributed by atoms with Crippen LogP contribution >= 0.6 is 22.9 Å². The van der Waals surface area contributed by atoms with Crippen molar-refractivity contribution in [3.63, 3.8) is 0 Å². The first-order chi connectivity index (χ1) is 12.1. The highest BCUT2D eigenvalue weighted by Crippen LogP contribution is 2.33. The van der Waals surface area contributed by atoms with Crippen LogP contribution in [-0.4, -0.2) is 15.0 Å². The van der Waals surface area contributed by atoms with E-state index in [1.165, 1.54) is 4.88 Å². The van der Waals surface area contributed by atoms with E-state index < -0.39 is 0 Å². The smallest absolute Gasteiger partial charge is 0.164 e. The number of nitrogens with zero attached hydrogens (tertiary/aromatic N) is 3. The Morgan fingerprint density at radius 2 is 1.96 bits per heavy atom. The van der Waals surface area contributed by atoms with Gasteiger partial charge in [0.15, 0.2) is 5.82 Å². The van der Waals surface area contributed by atoms with E-state index in [9.17, 15) is 0 Å². The van der Waals surface area contributed by atoms with Crippen molar-refractivity contribution >= 4 is 44.7 Å². The van der Waals surface area contributed by atoms with Crippen LogP contribution in [0.4, 0.5) is 11.5 Å². The van der Waals surface area contributed by atoms with Crippen LogP contribution in [0.2, 0.25) is 5.02 Å². The van der Waals surface area contributed by atoms with Crippen molar-refractivity contribution in [1.29, 1.82) is 0 Å². The van der Waals surface area contributed by atoms with E-state index in [0.717, 1.165) is 37.9 Å². The molecule has 3 aromatic heterocycles. The van der Waals surface area contributed by atoms with Crippen molar-refractivity contribution < 1.29 is 0 Å². The maximum absolute atomic E-state index is 6.06. The van der Waals surface area contributed by atoms with Gasteiger partial charge in [-0.05, 0) is 55.8 Å². The summed E-state index contributed by atoms with van der Waals surface area (Å²) in [6.45, 7) is 4.10. The van der Waals surface area contributed by atoms with E-state index in [2.05, 4.69) is 23.3 Å². The molecule has 0 saturated carbocycles. The molecule has 1 aromatic carbocycles. The first-order valence-corrected chi connectivity index (χ1v) is 9.01. The normalized spacial score (nSPS) is 11.0. The number of hydrogen-bond donors (Lipinski definition) is 1. The largest absolute Gasteiger partial charge is 0.339 e. The van der Waals surface area contributed by atoms with Crippen molar-refractivity contribution in [3.05, 3.63) is 64.3 Å². The zero-order chi connectivity index (χ0) is 17.4. The summed E-state index contributed by atoms with van der Waals surface area (Å²) in [6.07, 6.45) is 3.52. The Hall–Kier alpha value is -2.50. The predicted octanol–water partition coefficient (Wildman–Crippen LogP) is 5.77. The van der Waals surface area contributed by atoms with Gasteiger partial charge in [0.1, 0.15) is 10.6 Å². The highest BCUT2D eigenvalue weighted by Gasteiger charge is 2.13. The monoisotopic (exact) mass is 366 g/mol. The van der Waals surface area contributed by atoms with E-state index >= 15 is 0 Å². The third kappa shape index (κ3) is 3.21. The summed E-state index contributed by atoms with van der Waals surface area (Å²) in [5.41, 5.74) is 2.94. The van der Waals surface area contributed by atoms with Gasteiger partial charge in [0.2, 0.25) is 0 Å². The molecule has 25 heavy (non-hydrogen) atoms. The number of anilines is 2. The van der Waals surface area contributed by atoms with Gasteiger partial charge in [-0.25, -0.2) is 9.97 Å². The molecule has 0 radical (unpaired) electrons. The van der Waals surface area contributed by atoms with Gasteiger partial charge in [-0.3, -0.25) is 4.98 Å². The Morgan fingerprint density at radius 1 is 1.08 bits per heavy atom. The van der Waals surface area contributed by atoms with Crippen molar-refractivity contribution in [2.45, 2.75) is 13.8 Å². The Kier molecular flexibility index (Phi) is 4.11. The fourth-order valence-electron chi connectivity index (χ4n) is 2.66. The summed E-state index contributed by atoms with van der Waals surface area (Å²) in [6, 6.07) is 11.7. The Labute approximate surface area is 154 Å². The van der Waals surface area contributed by atoms with Gasteiger partial charge >= 0.3 is 0 Å². The molecule has 124 valence electrons. The second-order valence-corrected chi connectivity index (χ2v) is 7.47. The number of pyridine rings is 1. The number of thiophene rings is 1. The highest BCUT2D eigenvalue weighted by atomic mass is 35.5. The molecule has 0 fully saturated rings. The Bertz CT molecular complexity index is 1060. The quantitative estimate of drug-likeness (QED) is 0.500. The zero-order valence-electron chi connectivity index (χ0n) is 13.7. The molecule has 1 N–H and O–H groups in total. The van der Waals surface area contributed by atoms with E-state index in [1.807, 2.05) is 37.3 Å². The summed E-state index contributed by atoms with van der Waals surface area (Å²) < 4.78 is 0. The number of benzene rings is 1. The maximum atomic E-state index is 6.06. The standard InChI is InChI=1S/C19H15ClN4S/c1-11-8-14(20)5-6-16(11)22-18-15-9-12(2)25-19(15)24-17(23-18)13-4-3-7-21-10-13/h3-10H,1-2H3,(H,22,23,24). The van der Waals surface area contributed by atoms with E-state index in [0.29, 0.717) is 5.82 Å². The molecule has 0 amide bonds. The van der Waals surface area contributed by atoms with Crippen molar-refractivity contribution in [3.8, 4) is 11.4 Å². The molecule has 3 heterocycles. The average Bonchev–Trinajstić information content (AvgIpc) is 2.98. The predicted molar refractivity (Wildman–Crippen MR) is 105 cm³/mol. The molecule has 4 aromatic rings. The fraction of sp³-hybridized carbons (Fsp3) is 0.105. The lowest BCUT2D eigenvalue weighted by Crippen LogP contribution is -1.99. The minimum atomic E-state index is 0.663. The summed E-state index contributed by atoms with van der Waals surface area (Å²) in [5.74, 6) is 1.45. The molecule has 4 nitrogen and oxygen atoms in total. The van der Waals surface area contributed by atoms with E-state index in [1.54, 1.807) is 23.7 Å². The van der Waals surface area contributed by atoms with Crippen LogP contribution in [0.15, 0.2) is 48.8 Å². The van der Waals surface area contributed by atoms with Crippen LogP contribution in [0, 0.1) is 13.8 Å².